The molecule has 0 bridgehead atoms. The lowest BCUT2D eigenvalue weighted by molar-refractivity contribution is -0.125. The largest absolute Gasteiger partial charge is 0.274 e. The van der Waals surface area contributed by atoms with Gasteiger partial charge in [-0.3, -0.25) is 24.1 Å². The molecule has 2 fully saturated rings. The van der Waals surface area contributed by atoms with E-state index in [4.69, 9.17) is 23.2 Å². The lowest BCUT2D eigenvalue weighted by atomic mass is 9.71. The quantitative estimate of drug-likeness (QED) is 0.471. The Bertz CT molecular complexity index is 1240. The third-order valence-corrected chi connectivity index (χ3v) is 7.22. The fourth-order valence-corrected chi connectivity index (χ4v) is 5.68. The molecule has 2 saturated heterocycles. The van der Waals surface area contributed by atoms with Gasteiger partial charge in [0.15, 0.2) is 0 Å². The minimum absolute atomic E-state index is 0.0529. The van der Waals surface area contributed by atoms with Crippen molar-refractivity contribution in [1.29, 1.82) is 0 Å². The molecule has 2 aromatic rings. The predicted octanol–water partition coefficient (Wildman–Crippen LogP) is 4.64. The van der Waals surface area contributed by atoms with Crippen LogP contribution < -0.4 is 9.80 Å². The third-order valence-electron chi connectivity index (χ3n) is 6.75. The van der Waals surface area contributed by atoms with Crippen molar-refractivity contribution >= 4 is 58.2 Å². The highest BCUT2D eigenvalue weighted by Crippen LogP contribution is 2.46. The Kier molecular flexibility index (Phi) is 5.38. The number of hydrogen-bond donors (Lipinski definition) is 0. The van der Waals surface area contributed by atoms with E-state index >= 15 is 0 Å². The normalized spacial score (nSPS) is 27.3. The minimum Gasteiger partial charge on any atom is -0.274 e. The number of imide groups is 2. The maximum absolute atomic E-state index is 13.3. The highest BCUT2D eigenvalue weighted by molar-refractivity contribution is 6.32. The number of nitrogens with zero attached hydrogens (tertiary/aromatic N) is 2. The molecule has 0 saturated carbocycles. The summed E-state index contributed by atoms with van der Waals surface area (Å²) in [4.78, 5) is 54.8. The van der Waals surface area contributed by atoms with E-state index in [9.17, 15) is 19.2 Å². The smallest absolute Gasteiger partial charge is 0.241 e. The zero-order chi connectivity index (χ0) is 23.4. The predicted molar refractivity (Wildman–Crippen MR) is 125 cm³/mol. The summed E-state index contributed by atoms with van der Waals surface area (Å²) in [6.45, 7) is 1.81. The molecule has 0 unspecified atom stereocenters. The van der Waals surface area contributed by atoms with Crippen molar-refractivity contribution in [2.24, 2.45) is 23.7 Å². The molecular weight excluding hydrogens is 463 g/mol. The van der Waals surface area contributed by atoms with Crippen LogP contribution in [0, 0.1) is 23.7 Å². The van der Waals surface area contributed by atoms with E-state index in [1.165, 1.54) is 9.80 Å². The van der Waals surface area contributed by atoms with E-state index < -0.39 is 17.8 Å². The van der Waals surface area contributed by atoms with Gasteiger partial charge in [-0.15, -0.1) is 0 Å². The van der Waals surface area contributed by atoms with Crippen molar-refractivity contribution in [3.05, 3.63) is 70.2 Å². The number of hydrogen-bond acceptors (Lipinski definition) is 4. The molecule has 5 rings (SSSR count). The fraction of sp³-hybridized carbons (Fsp3) is 0.280. The number of carbonyl (C=O) groups is 4. The number of anilines is 2. The van der Waals surface area contributed by atoms with Gasteiger partial charge in [0.1, 0.15) is 0 Å². The van der Waals surface area contributed by atoms with Crippen molar-refractivity contribution in [1.82, 2.24) is 0 Å². The number of amides is 4. The molecule has 6 nitrogen and oxygen atoms in total. The molecule has 2 aliphatic heterocycles. The van der Waals surface area contributed by atoms with Crippen LogP contribution in [0.25, 0.3) is 0 Å². The van der Waals surface area contributed by atoms with Crippen molar-refractivity contribution in [2.75, 3.05) is 9.80 Å². The molecule has 8 heteroatoms. The van der Waals surface area contributed by atoms with Crippen LogP contribution in [0.15, 0.2) is 60.2 Å². The average molecular weight is 483 g/mol. The second-order valence-corrected chi connectivity index (χ2v) is 9.62. The van der Waals surface area contributed by atoms with Crippen LogP contribution in [0.1, 0.15) is 19.8 Å². The summed E-state index contributed by atoms with van der Waals surface area (Å²) in [6.07, 6.45) is 2.28. The van der Waals surface area contributed by atoms with Crippen LogP contribution in [-0.4, -0.2) is 23.6 Å². The highest BCUT2D eigenvalue weighted by Gasteiger charge is 2.54. The minimum atomic E-state index is -0.587. The van der Waals surface area contributed by atoms with Crippen LogP contribution >= 0.6 is 23.2 Å². The summed E-state index contributed by atoms with van der Waals surface area (Å²) in [5, 5.41) is 0.869. The summed E-state index contributed by atoms with van der Waals surface area (Å²) in [5.41, 5.74) is 1.63. The van der Waals surface area contributed by atoms with E-state index in [0.717, 1.165) is 5.57 Å². The van der Waals surface area contributed by atoms with Gasteiger partial charge in [0.2, 0.25) is 23.6 Å². The summed E-state index contributed by atoms with van der Waals surface area (Å²) >= 11 is 12.1. The highest BCUT2D eigenvalue weighted by atomic mass is 35.5. The lowest BCUT2D eigenvalue weighted by Gasteiger charge is -2.29. The van der Waals surface area contributed by atoms with E-state index in [0.29, 0.717) is 27.8 Å². The number of halogens is 2. The zero-order valence-electron chi connectivity index (χ0n) is 17.7. The van der Waals surface area contributed by atoms with E-state index in [2.05, 4.69) is 0 Å². The Hall–Kier alpha value is -2.96. The monoisotopic (exact) mass is 482 g/mol. The molecule has 2 heterocycles. The Labute approximate surface area is 200 Å². The van der Waals surface area contributed by atoms with E-state index in [1.807, 2.05) is 13.0 Å². The van der Waals surface area contributed by atoms with Crippen LogP contribution in [0.2, 0.25) is 10.0 Å². The first-order valence-corrected chi connectivity index (χ1v) is 11.5. The Morgan fingerprint density at radius 2 is 1.36 bits per heavy atom. The van der Waals surface area contributed by atoms with Gasteiger partial charge in [-0.05, 0) is 55.7 Å². The van der Waals surface area contributed by atoms with Gasteiger partial charge in [0, 0.05) is 16.5 Å². The van der Waals surface area contributed by atoms with Crippen LogP contribution in [0.3, 0.4) is 0 Å². The second kappa shape index (κ2) is 8.12. The summed E-state index contributed by atoms with van der Waals surface area (Å²) in [7, 11) is 0. The summed E-state index contributed by atoms with van der Waals surface area (Å²) in [5.74, 6) is -3.23. The molecule has 33 heavy (non-hydrogen) atoms. The molecule has 168 valence electrons. The van der Waals surface area contributed by atoms with E-state index in [1.54, 1.807) is 48.5 Å². The third kappa shape index (κ3) is 3.58. The van der Waals surface area contributed by atoms with Crippen molar-refractivity contribution in [2.45, 2.75) is 19.8 Å². The van der Waals surface area contributed by atoms with Crippen molar-refractivity contribution in [3.8, 4) is 0 Å². The molecule has 3 aliphatic rings. The molecule has 2 aromatic carbocycles. The van der Waals surface area contributed by atoms with Gasteiger partial charge in [-0.1, -0.05) is 47.0 Å². The maximum Gasteiger partial charge on any atom is 0.241 e. The fourth-order valence-electron chi connectivity index (χ4n) is 5.31. The standard InChI is InChI=1S/C25H20Cl2N2O4/c1-13-8-14(19-12-21(30)28(23(19)31)17-6-2-4-15(26)10-17)9-20-22(13)25(33)29(24(20)32)18-7-3-5-16(27)11-18/h2-8,10-11,14,19-20,22H,9,12H2,1H3/t14-,19-,20+,22-/m0/s1. The number of carbonyl (C=O) groups excluding carboxylic acids is 4. The first-order valence-electron chi connectivity index (χ1n) is 10.7. The first-order chi connectivity index (χ1) is 15.8. The summed E-state index contributed by atoms with van der Waals surface area (Å²) < 4.78 is 0. The van der Waals surface area contributed by atoms with Crippen LogP contribution in [-0.2, 0) is 19.2 Å². The molecular formula is C25H20Cl2N2O4. The maximum atomic E-state index is 13.3. The van der Waals surface area contributed by atoms with Crippen molar-refractivity contribution < 1.29 is 19.2 Å². The molecule has 0 radical (unpaired) electrons. The average Bonchev–Trinajstić information content (AvgIpc) is 3.20. The van der Waals surface area contributed by atoms with Gasteiger partial charge >= 0.3 is 0 Å². The molecule has 0 aromatic heterocycles. The van der Waals surface area contributed by atoms with Gasteiger partial charge in [-0.2, -0.15) is 0 Å². The van der Waals surface area contributed by atoms with Crippen LogP contribution in [0.5, 0.6) is 0 Å². The summed E-state index contributed by atoms with van der Waals surface area (Å²) in [6, 6.07) is 13.3. The second-order valence-electron chi connectivity index (χ2n) is 8.74. The number of rotatable bonds is 3. The molecule has 1 aliphatic carbocycles. The van der Waals surface area contributed by atoms with Crippen molar-refractivity contribution in [3.63, 3.8) is 0 Å². The number of benzene rings is 2. The number of fused-ring (bicyclic) bond motifs is 1. The number of allylic oxidation sites excluding steroid dienone is 1. The lowest BCUT2D eigenvalue weighted by Crippen LogP contribution is -2.35. The SMILES string of the molecule is CC1=C[C@H]([C@@H]2CC(=O)N(c3cccc(Cl)c3)C2=O)C[C@H]2C(=O)N(c3cccc(Cl)c3)C(=O)[C@@H]12. The Morgan fingerprint density at radius 1 is 0.788 bits per heavy atom. The van der Waals surface area contributed by atoms with Gasteiger partial charge < -0.3 is 0 Å². The molecule has 4 amide bonds. The Morgan fingerprint density at radius 3 is 1.97 bits per heavy atom. The molecule has 4 atom stereocenters. The topological polar surface area (TPSA) is 74.8 Å². The van der Waals surface area contributed by atoms with Crippen LogP contribution in [0.4, 0.5) is 11.4 Å². The van der Waals surface area contributed by atoms with Gasteiger partial charge in [0.25, 0.3) is 0 Å². The zero-order valence-corrected chi connectivity index (χ0v) is 19.2. The Balaban J connectivity index is 1.42. The van der Waals surface area contributed by atoms with E-state index in [-0.39, 0.29) is 36.0 Å². The molecule has 0 N–H and O–H groups in total. The van der Waals surface area contributed by atoms with Gasteiger partial charge in [0.05, 0.1) is 29.1 Å². The first kappa shape index (κ1) is 21.9. The van der Waals surface area contributed by atoms with Gasteiger partial charge in [-0.25, -0.2) is 4.90 Å². The molecule has 0 spiro atoms.